The van der Waals surface area contributed by atoms with Crippen LogP contribution in [-0.2, 0) is 0 Å². The van der Waals surface area contributed by atoms with Gasteiger partial charge in [-0.3, -0.25) is 5.01 Å². The van der Waals surface area contributed by atoms with E-state index in [1.807, 2.05) is 55.4 Å². The summed E-state index contributed by atoms with van der Waals surface area (Å²) in [4.78, 5) is 11.4. The first-order valence-corrected chi connectivity index (χ1v) is 12.1. The van der Waals surface area contributed by atoms with E-state index in [2.05, 4.69) is 42.7 Å². The molecule has 3 heterocycles. The van der Waals surface area contributed by atoms with E-state index in [1.165, 1.54) is 0 Å². The molecule has 0 aliphatic carbocycles. The summed E-state index contributed by atoms with van der Waals surface area (Å²) in [6.07, 6.45) is 9.17. The topological polar surface area (TPSA) is 87.1 Å². The van der Waals surface area contributed by atoms with E-state index in [9.17, 15) is 0 Å². The highest BCUT2D eigenvalue weighted by Crippen LogP contribution is 2.39. The second-order valence-electron chi connectivity index (χ2n) is 8.60. The Balaban J connectivity index is 1.40. The number of nitrogens with zero attached hydrogens (tertiary/aromatic N) is 5. The van der Waals surface area contributed by atoms with Crippen molar-refractivity contribution in [2.45, 2.75) is 13.8 Å². The Morgan fingerprint density at radius 1 is 1.14 bits per heavy atom. The summed E-state index contributed by atoms with van der Waals surface area (Å²) in [6, 6.07) is 10.1. The highest BCUT2D eigenvalue weighted by atomic mass is 16.5. The van der Waals surface area contributed by atoms with E-state index in [1.54, 1.807) is 19.7 Å². The van der Waals surface area contributed by atoms with Gasteiger partial charge in [0.1, 0.15) is 23.7 Å². The van der Waals surface area contributed by atoms with Crippen LogP contribution in [-0.4, -0.2) is 61.0 Å². The van der Waals surface area contributed by atoms with Crippen molar-refractivity contribution in [3.8, 4) is 11.5 Å². The SMILES string of the molecule is C/C=N\N1C=CC(Oc2ccc(Nc3ncnc4ccc(N5CCNCC5)c(OC)c34)cc2C)=CC1. The minimum absolute atomic E-state index is 0.674. The largest absolute Gasteiger partial charge is 0.494 e. The van der Waals surface area contributed by atoms with E-state index in [-0.39, 0.29) is 0 Å². The number of hydrogen-bond acceptors (Lipinski definition) is 9. The quantitative estimate of drug-likeness (QED) is 0.482. The van der Waals surface area contributed by atoms with E-state index in [0.717, 1.165) is 71.3 Å². The lowest BCUT2D eigenvalue weighted by Crippen LogP contribution is -2.43. The van der Waals surface area contributed by atoms with Crippen LogP contribution in [0.4, 0.5) is 17.2 Å². The van der Waals surface area contributed by atoms with E-state index >= 15 is 0 Å². The first-order chi connectivity index (χ1) is 17.7. The number of ether oxygens (including phenoxy) is 2. The van der Waals surface area contributed by atoms with Crippen molar-refractivity contribution < 1.29 is 9.47 Å². The van der Waals surface area contributed by atoms with Crippen LogP contribution in [0.2, 0.25) is 0 Å². The Labute approximate surface area is 211 Å². The van der Waals surface area contributed by atoms with Gasteiger partial charge in [0.15, 0.2) is 5.75 Å². The van der Waals surface area contributed by atoms with E-state index < -0.39 is 0 Å². The lowest BCUT2D eigenvalue weighted by atomic mass is 10.1. The van der Waals surface area contributed by atoms with Crippen LogP contribution in [0.5, 0.6) is 11.5 Å². The van der Waals surface area contributed by atoms with Crippen LogP contribution in [0, 0.1) is 6.92 Å². The zero-order valence-corrected chi connectivity index (χ0v) is 20.9. The summed E-state index contributed by atoms with van der Waals surface area (Å²) in [5.74, 6) is 3.09. The fourth-order valence-electron chi connectivity index (χ4n) is 4.45. The summed E-state index contributed by atoms with van der Waals surface area (Å²) in [6.45, 7) is 8.35. The molecular formula is C27H31N7O2. The number of allylic oxidation sites excluding steroid dienone is 1. The van der Waals surface area contributed by atoms with Gasteiger partial charge in [0.2, 0.25) is 0 Å². The van der Waals surface area contributed by atoms with Gasteiger partial charge in [-0.1, -0.05) is 0 Å². The third-order valence-electron chi connectivity index (χ3n) is 6.22. The van der Waals surface area contributed by atoms with Crippen LogP contribution in [0.25, 0.3) is 10.9 Å². The summed E-state index contributed by atoms with van der Waals surface area (Å²) in [5, 5.41) is 13.8. The van der Waals surface area contributed by atoms with Gasteiger partial charge in [-0.2, -0.15) is 5.10 Å². The van der Waals surface area contributed by atoms with Gasteiger partial charge in [-0.05, 0) is 61.9 Å². The zero-order valence-electron chi connectivity index (χ0n) is 20.9. The molecule has 9 heteroatoms. The number of nitrogens with one attached hydrogen (secondary N) is 2. The first-order valence-electron chi connectivity index (χ1n) is 12.1. The first kappa shape index (κ1) is 23.6. The Morgan fingerprint density at radius 3 is 2.72 bits per heavy atom. The third-order valence-corrected chi connectivity index (χ3v) is 6.22. The fraction of sp³-hybridized carbons (Fsp3) is 0.296. The van der Waals surface area contributed by atoms with Crippen molar-refractivity contribution in [3.63, 3.8) is 0 Å². The Hall–Kier alpha value is -4.11. The number of anilines is 3. The lowest BCUT2D eigenvalue weighted by molar-refractivity contribution is 0.393. The molecule has 2 aromatic carbocycles. The molecular weight excluding hydrogens is 454 g/mol. The molecule has 0 bridgehead atoms. The Morgan fingerprint density at radius 2 is 2.00 bits per heavy atom. The number of hydrogen-bond donors (Lipinski definition) is 2. The number of aromatic nitrogens is 2. The van der Waals surface area contributed by atoms with Gasteiger partial charge in [0.25, 0.3) is 0 Å². The molecule has 0 radical (unpaired) electrons. The zero-order chi connectivity index (χ0) is 24.9. The molecule has 36 heavy (non-hydrogen) atoms. The molecule has 0 atom stereocenters. The van der Waals surface area contributed by atoms with Crippen LogP contribution in [0.3, 0.4) is 0 Å². The molecule has 0 unspecified atom stereocenters. The average molecular weight is 486 g/mol. The molecule has 9 nitrogen and oxygen atoms in total. The van der Waals surface area contributed by atoms with Gasteiger partial charge in [0, 0.05) is 44.3 Å². The van der Waals surface area contributed by atoms with Crippen molar-refractivity contribution in [1.29, 1.82) is 0 Å². The van der Waals surface area contributed by atoms with Crippen molar-refractivity contribution in [1.82, 2.24) is 20.3 Å². The maximum atomic E-state index is 6.12. The summed E-state index contributed by atoms with van der Waals surface area (Å²) in [5.41, 5.74) is 3.81. The predicted molar refractivity (Wildman–Crippen MR) is 144 cm³/mol. The molecule has 1 fully saturated rings. The van der Waals surface area contributed by atoms with Crippen LogP contribution < -0.4 is 25.0 Å². The number of aryl methyl sites for hydroxylation is 1. The maximum absolute atomic E-state index is 6.12. The maximum Gasteiger partial charge on any atom is 0.155 e. The summed E-state index contributed by atoms with van der Waals surface area (Å²) >= 11 is 0. The number of methoxy groups -OCH3 is 1. The number of benzene rings is 2. The molecule has 1 aromatic heterocycles. The molecule has 0 amide bonds. The summed E-state index contributed by atoms with van der Waals surface area (Å²) in [7, 11) is 1.70. The normalized spacial score (nSPS) is 15.9. The van der Waals surface area contributed by atoms with Crippen LogP contribution in [0.1, 0.15) is 12.5 Å². The standard InChI is InChI=1S/C27H31N7O2/c1-4-31-34-13-9-21(10-14-34)36-24-8-5-20(17-19(24)2)32-27-25-22(29-18-30-27)6-7-23(26(25)35-3)33-15-11-28-12-16-33/h4-10,13,17-18,28H,11-12,14-16H2,1-3H3,(H,29,30,32)/b31-4-. The second-order valence-corrected chi connectivity index (χ2v) is 8.60. The molecule has 1 saturated heterocycles. The van der Waals surface area contributed by atoms with Crippen molar-refractivity contribution in [2.75, 3.05) is 50.1 Å². The predicted octanol–water partition coefficient (Wildman–Crippen LogP) is 4.20. The molecule has 0 spiro atoms. The highest BCUT2D eigenvalue weighted by molar-refractivity contribution is 6.00. The molecule has 3 aromatic rings. The third kappa shape index (κ3) is 4.96. The summed E-state index contributed by atoms with van der Waals surface area (Å²) < 4.78 is 12.0. The Kier molecular flexibility index (Phi) is 6.99. The Bertz CT molecular complexity index is 1330. The van der Waals surface area contributed by atoms with Gasteiger partial charge >= 0.3 is 0 Å². The van der Waals surface area contributed by atoms with Crippen LogP contribution in [0.15, 0.2) is 65.9 Å². The molecule has 2 N–H and O–H groups in total. The van der Waals surface area contributed by atoms with Gasteiger partial charge in [0.05, 0.1) is 30.2 Å². The van der Waals surface area contributed by atoms with E-state index in [0.29, 0.717) is 12.4 Å². The number of rotatable bonds is 7. The highest BCUT2D eigenvalue weighted by Gasteiger charge is 2.20. The van der Waals surface area contributed by atoms with Crippen LogP contribution >= 0.6 is 0 Å². The van der Waals surface area contributed by atoms with Crippen molar-refractivity contribution >= 4 is 34.3 Å². The number of piperazine rings is 1. The number of hydrazone groups is 1. The van der Waals surface area contributed by atoms with Gasteiger partial charge in [-0.15, -0.1) is 0 Å². The smallest absolute Gasteiger partial charge is 0.155 e. The van der Waals surface area contributed by atoms with Gasteiger partial charge < -0.3 is 25.0 Å². The average Bonchev–Trinajstić information content (AvgIpc) is 2.91. The molecule has 186 valence electrons. The lowest BCUT2D eigenvalue weighted by Gasteiger charge is -2.31. The number of fused-ring (bicyclic) bond motifs is 1. The fourth-order valence-corrected chi connectivity index (χ4v) is 4.45. The monoisotopic (exact) mass is 485 g/mol. The van der Waals surface area contributed by atoms with Gasteiger partial charge in [-0.25, -0.2) is 9.97 Å². The minimum atomic E-state index is 0.674. The molecule has 2 aliphatic heterocycles. The van der Waals surface area contributed by atoms with Crippen molar-refractivity contribution in [2.24, 2.45) is 5.10 Å². The molecule has 2 aliphatic rings. The molecule has 0 saturated carbocycles. The minimum Gasteiger partial charge on any atom is -0.494 e. The van der Waals surface area contributed by atoms with Crippen molar-refractivity contribution in [3.05, 3.63) is 66.3 Å². The molecule has 5 rings (SSSR count). The van der Waals surface area contributed by atoms with E-state index in [4.69, 9.17) is 9.47 Å². The second kappa shape index (κ2) is 10.7.